The van der Waals surface area contributed by atoms with Crippen LogP contribution in [0.3, 0.4) is 0 Å². The number of carbonyl (C=O) groups excluding carboxylic acids is 1. The van der Waals surface area contributed by atoms with Gasteiger partial charge >= 0.3 is 0 Å². The molecule has 2 heterocycles. The van der Waals surface area contributed by atoms with Gasteiger partial charge in [0.25, 0.3) is 5.91 Å². The normalized spacial score (nSPS) is 21.9. The summed E-state index contributed by atoms with van der Waals surface area (Å²) in [5.41, 5.74) is 1.35. The first kappa shape index (κ1) is 17.5. The molecule has 2 aromatic rings. The highest BCUT2D eigenvalue weighted by atomic mass is 19.1. The van der Waals surface area contributed by atoms with Crippen molar-refractivity contribution < 1.29 is 9.18 Å². The molecule has 1 amide bonds. The maximum absolute atomic E-state index is 13.8. The lowest BCUT2D eigenvalue weighted by atomic mass is 9.85. The Hall–Kier alpha value is -2.27. The lowest BCUT2D eigenvalue weighted by molar-refractivity contribution is 0.0730. The molecule has 1 N–H and O–H groups in total. The summed E-state index contributed by atoms with van der Waals surface area (Å²) < 4.78 is 13.8. The number of likely N-dealkylation sites (tertiary alicyclic amines) is 1. The van der Waals surface area contributed by atoms with E-state index in [0.717, 1.165) is 25.8 Å². The Balaban J connectivity index is 1.63. The maximum atomic E-state index is 13.8. The van der Waals surface area contributed by atoms with Crippen molar-refractivity contribution in [2.24, 2.45) is 11.8 Å². The Kier molecular flexibility index (Phi) is 5.43. The standard InChI is InChI=1S/C20H24FN3O/c1-14-11-24(13-16-6-4-3-5-7-16)12-15(2)19(14)23-20(25)17-8-9-22-10-18(17)21/h3-10,14-15,19H,11-13H2,1-2H3,(H,23,25)/t14-,15-/m0/s1. The Morgan fingerprint density at radius 3 is 2.52 bits per heavy atom. The SMILES string of the molecule is C[C@H]1CN(Cc2ccccc2)C[C@H](C)C1NC(=O)c1ccncc1F. The van der Waals surface area contributed by atoms with Crippen molar-refractivity contribution in [2.45, 2.75) is 26.4 Å². The van der Waals surface area contributed by atoms with E-state index in [4.69, 9.17) is 0 Å². The highest BCUT2D eigenvalue weighted by molar-refractivity contribution is 5.94. The van der Waals surface area contributed by atoms with Gasteiger partial charge in [-0.25, -0.2) is 4.39 Å². The lowest BCUT2D eigenvalue weighted by Gasteiger charge is -2.41. The minimum Gasteiger partial charge on any atom is -0.349 e. The molecule has 5 heteroatoms. The van der Waals surface area contributed by atoms with E-state index in [0.29, 0.717) is 11.8 Å². The third kappa shape index (κ3) is 4.23. The molecule has 3 rings (SSSR count). The summed E-state index contributed by atoms with van der Waals surface area (Å²) >= 11 is 0. The molecule has 4 nitrogen and oxygen atoms in total. The van der Waals surface area contributed by atoms with Gasteiger partial charge in [-0.3, -0.25) is 14.7 Å². The molecule has 1 saturated heterocycles. The topological polar surface area (TPSA) is 45.2 Å². The first-order chi connectivity index (χ1) is 12.0. The van der Waals surface area contributed by atoms with E-state index >= 15 is 0 Å². The summed E-state index contributed by atoms with van der Waals surface area (Å²) in [5.74, 6) is -0.357. The van der Waals surface area contributed by atoms with E-state index in [1.807, 2.05) is 6.07 Å². The van der Waals surface area contributed by atoms with Crippen molar-refractivity contribution in [1.29, 1.82) is 0 Å². The van der Waals surface area contributed by atoms with Gasteiger partial charge in [0.15, 0.2) is 5.82 Å². The van der Waals surface area contributed by atoms with Crippen molar-refractivity contribution in [3.63, 3.8) is 0 Å². The van der Waals surface area contributed by atoms with Crippen molar-refractivity contribution in [3.8, 4) is 0 Å². The minimum absolute atomic E-state index is 0.0343. The van der Waals surface area contributed by atoms with Crippen molar-refractivity contribution in [2.75, 3.05) is 13.1 Å². The first-order valence-corrected chi connectivity index (χ1v) is 8.71. The molecule has 1 aliphatic rings. The molecule has 0 unspecified atom stereocenters. The second kappa shape index (κ2) is 7.74. The summed E-state index contributed by atoms with van der Waals surface area (Å²) in [5, 5.41) is 3.03. The predicted molar refractivity (Wildman–Crippen MR) is 95.5 cm³/mol. The van der Waals surface area contributed by atoms with Gasteiger partial charge in [-0.1, -0.05) is 44.2 Å². The summed E-state index contributed by atoms with van der Waals surface area (Å²) in [6, 6.07) is 11.9. The van der Waals surface area contributed by atoms with Gasteiger partial charge in [-0.2, -0.15) is 0 Å². The third-order valence-electron chi connectivity index (χ3n) is 4.88. The summed E-state index contributed by atoms with van der Waals surface area (Å²) in [4.78, 5) is 18.5. The molecule has 0 aliphatic carbocycles. The molecule has 0 bridgehead atoms. The van der Waals surface area contributed by atoms with E-state index in [1.165, 1.54) is 17.8 Å². The van der Waals surface area contributed by atoms with Crippen molar-refractivity contribution in [3.05, 3.63) is 65.7 Å². The van der Waals surface area contributed by atoms with Gasteiger partial charge < -0.3 is 5.32 Å². The Morgan fingerprint density at radius 2 is 1.88 bits per heavy atom. The maximum Gasteiger partial charge on any atom is 0.254 e. The second-order valence-electron chi connectivity index (χ2n) is 6.99. The number of benzene rings is 1. The monoisotopic (exact) mass is 341 g/mol. The number of rotatable bonds is 4. The number of halogens is 1. The molecule has 0 radical (unpaired) electrons. The van der Waals surface area contributed by atoms with Crippen LogP contribution in [0.15, 0.2) is 48.8 Å². The zero-order chi connectivity index (χ0) is 17.8. The zero-order valence-corrected chi connectivity index (χ0v) is 14.7. The highest BCUT2D eigenvalue weighted by Gasteiger charge is 2.33. The molecule has 1 aliphatic heterocycles. The molecule has 0 spiro atoms. The number of nitrogens with one attached hydrogen (secondary N) is 1. The Morgan fingerprint density at radius 1 is 1.20 bits per heavy atom. The number of nitrogens with zero attached hydrogens (tertiary/aromatic N) is 2. The van der Waals surface area contributed by atoms with Crippen LogP contribution < -0.4 is 5.32 Å². The molecule has 1 aromatic heterocycles. The fourth-order valence-corrected chi connectivity index (χ4v) is 3.72. The van der Waals surface area contributed by atoms with E-state index in [9.17, 15) is 9.18 Å². The van der Waals surface area contributed by atoms with Gasteiger partial charge in [-0.05, 0) is 23.5 Å². The molecule has 1 aromatic carbocycles. The molecule has 132 valence electrons. The van der Waals surface area contributed by atoms with Gasteiger partial charge in [0.05, 0.1) is 11.8 Å². The average Bonchev–Trinajstić information content (AvgIpc) is 2.59. The third-order valence-corrected chi connectivity index (χ3v) is 4.88. The Labute approximate surface area is 148 Å². The number of amides is 1. The zero-order valence-electron chi connectivity index (χ0n) is 14.7. The van der Waals surface area contributed by atoms with Gasteiger partial charge in [0.2, 0.25) is 0 Å². The van der Waals surface area contributed by atoms with Gasteiger partial charge in [0.1, 0.15) is 0 Å². The molecule has 0 saturated carbocycles. The largest absolute Gasteiger partial charge is 0.349 e. The minimum atomic E-state index is -0.582. The van der Waals surface area contributed by atoms with Crippen LogP contribution in [0.25, 0.3) is 0 Å². The van der Waals surface area contributed by atoms with Gasteiger partial charge in [0, 0.05) is 31.9 Å². The first-order valence-electron chi connectivity index (χ1n) is 8.71. The fraction of sp³-hybridized carbons (Fsp3) is 0.400. The molecule has 2 atom stereocenters. The quantitative estimate of drug-likeness (QED) is 0.929. The predicted octanol–water partition coefficient (Wildman–Crippen LogP) is 3.11. The number of hydrogen-bond acceptors (Lipinski definition) is 3. The van der Waals surface area contributed by atoms with E-state index in [-0.39, 0.29) is 17.5 Å². The van der Waals surface area contributed by atoms with Crippen LogP contribution in [0.4, 0.5) is 4.39 Å². The van der Waals surface area contributed by atoms with Crippen LogP contribution in [-0.4, -0.2) is 34.9 Å². The lowest BCUT2D eigenvalue weighted by Crippen LogP contribution is -2.54. The van der Waals surface area contributed by atoms with Crippen LogP contribution in [0.1, 0.15) is 29.8 Å². The van der Waals surface area contributed by atoms with E-state index < -0.39 is 5.82 Å². The molecular weight excluding hydrogens is 317 g/mol. The number of aromatic nitrogens is 1. The number of carbonyl (C=O) groups is 1. The van der Waals surface area contributed by atoms with Crippen LogP contribution in [0.2, 0.25) is 0 Å². The second-order valence-corrected chi connectivity index (χ2v) is 6.99. The molecule has 1 fully saturated rings. The van der Waals surface area contributed by atoms with Crippen LogP contribution in [0, 0.1) is 17.7 Å². The van der Waals surface area contributed by atoms with E-state index in [2.05, 4.69) is 53.3 Å². The summed E-state index contributed by atoms with van der Waals surface area (Å²) in [6.45, 7) is 7.00. The number of pyridine rings is 1. The average molecular weight is 341 g/mol. The number of hydrogen-bond donors (Lipinski definition) is 1. The van der Waals surface area contributed by atoms with Gasteiger partial charge in [-0.15, -0.1) is 0 Å². The van der Waals surface area contributed by atoms with Crippen LogP contribution in [0.5, 0.6) is 0 Å². The van der Waals surface area contributed by atoms with Crippen LogP contribution in [-0.2, 0) is 6.54 Å². The fourth-order valence-electron chi connectivity index (χ4n) is 3.72. The molecular formula is C20H24FN3O. The van der Waals surface area contributed by atoms with Crippen molar-refractivity contribution in [1.82, 2.24) is 15.2 Å². The molecule has 25 heavy (non-hydrogen) atoms. The summed E-state index contributed by atoms with van der Waals surface area (Å²) in [6.07, 6.45) is 2.51. The summed E-state index contributed by atoms with van der Waals surface area (Å²) in [7, 11) is 0. The van der Waals surface area contributed by atoms with E-state index in [1.54, 1.807) is 0 Å². The Bertz CT molecular complexity index is 710. The smallest absolute Gasteiger partial charge is 0.254 e. The van der Waals surface area contributed by atoms with Crippen molar-refractivity contribution >= 4 is 5.91 Å². The highest BCUT2D eigenvalue weighted by Crippen LogP contribution is 2.24. The number of piperidine rings is 1. The van der Waals surface area contributed by atoms with Crippen LogP contribution >= 0.6 is 0 Å².